The molecule has 0 saturated heterocycles. The molecule has 9 heteroatoms. The number of pyridine rings is 1. The maximum atomic E-state index is 11.5. The van der Waals surface area contributed by atoms with E-state index in [0.29, 0.717) is 16.4 Å². The van der Waals surface area contributed by atoms with Gasteiger partial charge in [-0.1, -0.05) is 11.6 Å². The monoisotopic (exact) mass is 342 g/mol. The summed E-state index contributed by atoms with van der Waals surface area (Å²) in [7, 11) is 0. The zero-order valence-electron chi connectivity index (χ0n) is 12.2. The van der Waals surface area contributed by atoms with E-state index in [1.165, 1.54) is 6.33 Å². The van der Waals surface area contributed by atoms with Crippen molar-refractivity contribution < 1.29 is 4.92 Å². The van der Waals surface area contributed by atoms with Crippen molar-refractivity contribution in [1.29, 1.82) is 0 Å². The first-order valence-electron chi connectivity index (χ1n) is 6.82. The molecule has 0 unspecified atom stereocenters. The number of hydrogen-bond acceptors (Lipinski definition) is 7. The summed E-state index contributed by atoms with van der Waals surface area (Å²) in [5.74, 6) is 0.159. The van der Waals surface area contributed by atoms with Crippen molar-refractivity contribution in [2.24, 2.45) is 0 Å². The maximum absolute atomic E-state index is 11.5. The molecule has 8 nitrogen and oxygen atoms in total. The van der Waals surface area contributed by atoms with Crippen LogP contribution in [0, 0.1) is 10.1 Å². The van der Waals surface area contributed by atoms with E-state index in [4.69, 9.17) is 11.6 Å². The Balaban J connectivity index is 1.96. The highest BCUT2D eigenvalue weighted by Crippen LogP contribution is 2.32. The number of aromatic nitrogens is 3. The zero-order chi connectivity index (χ0) is 16.9. The van der Waals surface area contributed by atoms with Crippen molar-refractivity contribution in [3.8, 4) is 0 Å². The van der Waals surface area contributed by atoms with Crippen LogP contribution in [-0.4, -0.2) is 19.9 Å². The molecule has 3 aromatic rings. The van der Waals surface area contributed by atoms with Gasteiger partial charge in [0.2, 0.25) is 11.6 Å². The number of halogens is 1. The van der Waals surface area contributed by atoms with E-state index in [1.54, 1.807) is 48.8 Å². The number of rotatable bonds is 5. The van der Waals surface area contributed by atoms with Crippen LogP contribution < -0.4 is 10.6 Å². The number of nitrogens with one attached hydrogen (secondary N) is 2. The average Bonchev–Trinajstić information content (AvgIpc) is 2.58. The molecular weight excluding hydrogens is 332 g/mol. The minimum absolute atomic E-state index is 0.0777. The standard InChI is InChI=1S/C15H11ClN6O2/c16-10-1-3-11(4-2-10)20-14-13(22(23)24)15(19-9-18-14)21-12-5-7-17-8-6-12/h1-9H,(H2,17,18,19,20,21). The van der Waals surface area contributed by atoms with E-state index >= 15 is 0 Å². The first kappa shape index (κ1) is 15.6. The summed E-state index contributed by atoms with van der Waals surface area (Å²) in [6, 6.07) is 10.1. The van der Waals surface area contributed by atoms with E-state index in [1.807, 2.05) is 0 Å². The lowest BCUT2D eigenvalue weighted by Crippen LogP contribution is -2.05. The lowest BCUT2D eigenvalue weighted by molar-refractivity contribution is -0.383. The first-order chi connectivity index (χ1) is 11.6. The van der Waals surface area contributed by atoms with Crippen LogP contribution in [0.4, 0.5) is 28.7 Å². The number of nitro groups is 1. The average molecular weight is 343 g/mol. The largest absolute Gasteiger partial charge is 0.353 e. The SMILES string of the molecule is O=[N+]([O-])c1c(Nc2ccncc2)ncnc1Nc1ccc(Cl)cc1. The molecular formula is C15H11ClN6O2. The van der Waals surface area contributed by atoms with Gasteiger partial charge in [0, 0.05) is 28.8 Å². The summed E-state index contributed by atoms with van der Waals surface area (Å²) in [6.45, 7) is 0. The Morgan fingerprint density at radius 3 is 2.00 bits per heavy atom. The zero-order valence-corrected chi connectivity index (χ0v) is 12.9. The molecule has 2 aromatic heterocycles. The topological polar surface area (TPSA) is 106 Å². The van der Waals surface area contributed by atoms with E-state index < -0.39 is 4.92 Å². The Labute approximate surface area is 141 Å². The van der Waals surface area contributed by atoms with Gasteiger partial charge in [-0.3, -0.25) is 15.1 Å². The second kappa shape index (κ2) is 6.88. The van der Waals surface area contributed by atoms with Crippen molar-refractivity contribution in [3.05, 3.63) is 70.3 Å². The first-order valence-corrected chi connectivity index (χ1v) is 7.20. The Morgan fingerprint density at radius 1 is 0.917 bits per heavy atom. The van der Waals surface area contributed by atoms with Crippen LogP contribution in [0.5, 0.6) is 0 Å². The highest BCUT2D eigenvalue weighted by molar-refractivity contribution is 6.30. The van der Waals surface area contributed by atoms with Crippen LogP contribution in [0.3, 0.4) is 0 Å². The summed E-state index contributed by atoms with van der Waals surface area (Å²) in [5.41, 5.74) is 0.990. The minimum atomic E-state index is -0.540. The molecule has 0 aliphatic carbocycles. The van der Waals surface area contributed by atoms with Gasteiger partial charge in [0.05, 0.1) is 4.92 Å². The molecule has 3 rings (SSSR count). The molecule has 120 valence electrons. The molecule has 0 atom stereocenters. The number of benzene rings is 1. The third kappa shape index (κ3) is 3.55. The van der Waals surface area contributed by atoms with Gasteiger partial charge >= 0.3 is 5.69 Å². The van der Waals surface area contributed by atoms with Crippen LogP contribution in [-0.2, 0) is 0 Å². The number of anilines is 4. The minimum Gasteiger partial charge on any atom is -0.334 e. The number of hydrogen-bond donors (Lipinski definition) is 2. The second-order valence-corrected chi connectivity index (χ2v) is 5.11. The lowest BCUT2D eigenvalue weighted by Gasteiger charge is -2.10. The fourth-order valence-electron chi connectivity index (χ4n) is 1.98. The van der Waals surface area contributed by atoms with Crippen molar-refractivity contribution in [2.75, 3.05) is 10.6 Å². The molecule has 0 amide bonds. The maximum Gasteiger partial charge on any atom is 0.353 e. The molecule has 2 N–H and O–H groups in total. The fourth-order valence-corrected chi connectivity index (χ4v) is 2.10. The Hall–Kier alpha value is -3.26. The molecule has 0 saturated carbocycles. The molecule has 0 aliphatic heterocycles. The molecule has 0 radical (unpaired) electrons. The third-order valence-electron chi connectivity index (χ3n) is 3.05. The summed E-state index contributed by atoms with van der Waals surface area (Å²) in [5, 5.41) is 17.9. The molecule has 0 aliphatic rings. The Bertz CT molecular complexity index is 858. The van der Waals surface area contributed by atoms with Crippen LogP contribution >= 0.6 is 11.6 Å². The van der Waals surface area contributed by atoms with E-state index in [9.17, 15) is 10.1 Å². The summed E-state index contributed by atoms with van der Waals surface area (Å²) in [6.07, 6.45) is 4.39. The third-order valence-corrected chi connectivity index (χ3v) is 3.31. The van der Waals surface area contributed by atoms with E-state index in [-0.39, 0.29) is 17.3 Å². The van der Waals surface area contributed by atoms with Crippen LogP contribution in [0.1, 0.15) is 0 Å². The summed E-state index contributed by atoms with van der Waals surface area (Å²) >= 11 is 5.84. The van der Waals surface area contributed by atoms with Crippen LogP contribution in [0.15, 0.2) is 55.1 Å². The van der Waals surface area contributed by atoms with Crippen LogP contribution in [0.25, 0.3) is 0 Å². The normalized spacial score (nSPS) is 10.2. The molecule has 0 bridgehead atoms. The van der Waals surface area contributed by atoms with Crippen molar-refractivity contribution in [1.82, 2.24) is 15.0 Å². The molecule has 0 fully saturated rings. The van der Waals surface area contributed by atoms with E-state index in [0.717, 1.165) is 0 Å². The molecule has 1 aromatic carbocycles. The summed E-state index contributed by atoms with van der Waals surface area (Å²) in [4.78, 5) is 22.8. The molecule has 0 spiro atoms. The van der Waals surface area contributed by atoms with Gasteiger partial charge in [0.15, 0.2) is 0 Å². The van der Waals surface area contributed by atoms with Gasteiger partial charge in [0.1, 0.15) is 6.33 Å². The van der Waals surface area contributed by atoms with Crippen LogP contribution in [0.2, 0.25) is 5.02 Å². The molecule has 24 heavy (non-hydrogen) atoms. The fraction of sp³-hybridized carbons (Fsp3) is 0. The van der Waals surface area contributed by atoms with Gasteiger partial charge in [-0.25, -0.2) is 9.97 Å². The van der Waals surface area contributed by atoms with Gasteiger partial charge in [-0.2, -0.15) is 0 Å². The Morgan fingerprint density at radius 2 is 1.46 bits per heavy atom. The number of nitrogens with zero attached hydrogens (tertiary/aromatic N) is 4. The quantitative estimate of drug-likeness (QED) is 0.534. The molecule has 2 heterocycles. The van der Waals surface area contributed by atoms with Gasteiger partial charge in [-0.05, 0) is 36.4 Å². The Kier molecular flexibility index (Phi) is 4.48. The second-order valence-electron chi connectivity index (χ2n) is 4.67. The van der Waals surface area contributed by atoms with Crippen molar-refractivity contribution in [3.63, 3.8) is 0 Å². The van der Waals surface area contributed by atoms with Crippen molar-refractivity contribution in [2.45, 2.75) is 0 Å². The smallest absolute Gasteiger partial charge is 0.334 e. The van der Waals surface area contributed by atoms with Gasteiger partial charge in [-0.15, -0.1) is 0 Å². The summed E-state index contributed by atoms with van der Waals surface area (Å²) < 4.78 is 0. The van der Waals surface area contributed by atoms with Gasteiger partial charge < -0.3 is 10.6 Å². The highest BCUT2D eigenvalue weighted by Gasteiger charge is 2.23. The highest BCUT2D eigenvalue weighted by atomic mass is 35.5. The van der Waals surface area contributed by atoms with Crippen molar-refractivity contribution >= 4 is 40.3 Å². The lowest BCUT2D eigenvalue weighted by atomic mass is 10.3. The van der Waals surface area contributed by atoms with Gasteiger partial charge in [0.25, 0.3) is 0 Å². The van der Waals surface area contributed by atoms with E-state index in [2.05, 4.69) is 25.6 Å². The predicted molar refractivity (Wildman–Crippen MR) is 90.9 cm³/mol. The predicted octanol–water partition coefficient (Wildman–Crippen LogP) is 3.92.